The number of carbonyl (C=O) groups excluding carboxylic acids is 1. The fraction of sp³-hybridized carbons (Fsp3) is 0.387. The fourth-order valence-corrected chi connectivity index (χ4v) is 5.55. The summed E-state index contributed by atoms with van der Waals surface area (Å²) in [6.07, 6.45) is 2.27. The van der Waals surface area contributed by atoms with Gasteiger partial charge in [-0.05, 0) is 43.2 Å². The summed E-state index contributed by atoms with van der Waals surface area (Å²) in [5, 5.41) is 0. The molecule has 210 valence electrons. The molecule has 0 spiro atoms. The van der Waals surface area contributed by atoms with Gasteiger partial charge in [-0.1, -0.05) is 6.07 Å². The van der Waals surface area contributed by atoms with Crippen molar-refractivity contribution < 1.29 is 42.0 Å². The summed E-state index contributed by atoms with van der Waals surface area (Å²) in [4.78, 5) is 11.7. The molecule has 7 nitrogen and oxygen atoms in total. The van der Waals surface area contributed by atoms with E-state index in [1.165, 1.54) is 31.4 Å². The molecule has 3 aromatic rings. The molecule has 9 heteroatoms. The summed E-state index contributed by atoms with van der Waals surface area (Å²) < 4.78 is 63.9. The summed E-state index contributed by atoms with van der Waals surface area (Å²) in [7, 11) is 1.36. The van der Waals surface area contributed by atoms with Crippen LogP contribution in [0.25, 0.3) is 0 Å². The van der Waals surface area contributed by atoms with E-state index < -0.39 is 17.7 Å². The minimum atomic E-state index is -0.558. The minimum Gasteiger partial charge on any atom is -0.492 e. The SMILES string of the molecule is COC(=O)C[C@@H]1COc2cc(O[C@@H]3CCc4c(Oc5ccc(OC6CCOCC6)cc5F)ccc(F)c43)ccc21. The monoisotopic (exact) mass is 552 g/mol. The van der Waals surface area contributed by atoms with Gasteiger partial charge in [-0.3, -0.25) is 4.79 Å². The summed E-state index contributed by atoms with van der Waals surface area (Å²) in [6.45, 7) is 1.65. The molecule has 0 bridgehead atoms. The smallest absolute Gasteiger partial charge is 0.306 e. The van der Waals surface area contributed by atoms with Crippen molar-refractivity contribution in [2.24, 2.45) is 0 Å². The fourth-order valence-electron chi connectivity index (χ4n) is 5.55. The van der Waals surface area contributed by atoms with Crippen LogP contribution in [0.2, 0.25) is 0 Å². The Hall–Kier alpha value is -3.85. The first kappa shape index (κ1) is 26.4. The molecule has 0 saturated carbocycles. The van der Waals surface area contributed by atoms with Gasteiger partial charge in [0.05, 0.1) is 33.4 Å². The zero-order chi connectivity index (χ0) is 27.6. The lowest BCUT2D eigenvalue weighted by Gasteiger charge is -2.23. The molecule has 0 amide bonds. The maximum Gasteiger partial charge on any atom is 0.306 e. The molecule has 0 N–H and O–H groups in total. The van der Waals surface area contributed by atoms with Crippen molar-refractivity contribution >= 4 is 5.97 Å². The molecule has 40 heavy (non-hydrogen) atoms. The molecule has 3 aliphatic rings. The molecule has 2 atom stereocenters. The van der Waals surface area contributed by atoms with E-state index in [1.807, 2.05) is 6.07 Å². The summed E-state index contributed by atoms with van der Waals surface area (Å²) in [5.74, 6) is 0.703. The Bertz CT molecular complexity index is 1400. The predicted octanol–water partition coefficient (Wildman–Crippen LogP) is 6.42. The molecule has 0 radical (unpaired) electrons. The van der Waals surface area contributed by atoms with Gasteiger partial charge in [-0.25, -0.2) is 8.78 Å². The number of hydrogen-bond donors (Lipinski definition) is 0. The highest BCUT2D eigenvalue weighted by Gasteiger charge is 2.32. The quantitative estimate of drug-likeness (QED) is 0.299. The van der Waals surface area contributed by atoms with E-state index in [-0.39, 0.29) is 30.2 Å². The van der Waals surface area contributed by atoms with E-state index in [2.05, 4.69) is 0 Å². The Morgan fingerprint density at radius 1 is 0.925 bits per heavy atom. The van der Waals surface area contributed by atoms with E-state index in [0.29, 0.717) is 66.8 Å². The number of methoxy groups -OCH3 is 1. The Labute approximate surface area is 230 Å². The minimum absolute atomic E-state index is 0.00394. The first-order valence-corrected chi connectivity index (χ1v) is 13.5. The Kier molecular flexibility index (Phi) is 7.47. The van der Waals surface area contributed by atoms with E-state index in [9.17, 15) is 9.18 Å². The number of esters is 1. The van der Waals surface area contributed by atoms with Crippen molar-refractivity contribution in [1.29, 1.82) is 0 Å². The second-order valence-electron chi connectivity index (χ2n) is 10.2. The summed E-state index contributed by atoms with van der Waals surface area (Å²) in [5.41, 5.74) is 1.97. The lowest BCUT2D eigenvalue weighted by atomic mass is 9.98. The topological polar surface area (TPSA) is 72.5 Å². The van der Waals surface area contributed by atoms with Crippen LogP contribution in [-0.4, -0.2) is 39.0 Å². The van der Waals surface area contributed by atoms with Crippen LogP contribution < -0.4 is 18.9 Å². The third kappa shape index (κ3) is 5.43. The highest BCUT2D eigenvalue weighted by atomic mass is 19.1. The number of halogens is 2. The predicted molar refractivity (Wildman–Crippen MR) is 140 cm³/mol. The largest absolute Gasteiger partial charge is 0.492 e. The van der Waals surface area contributed by atoms with Crippen LogP contribution in [0, 0.1) is 11.6 Å². The lowest BCUT2D eigenvalue weighted by molar-refractivity contribution is -0.141. The first-order valence-electron chi connectivity index (χ1n) is 13.5. The molecule has 2 heterocycles. The second kappa shape index (κ2) is 11.3. The normalized spacial score (nSPS) is 19.9. The van der Waals surface area contributed by atoms with Gasteiger partial charge >= 0.3 is 5.97 Å². The number of rotatable bonds is 8. The average Bonchev–Trinajstić information content (AvgIpc) is 3.57. The number of benzene rings is 3. The number of ether oxygens (including phenoxy) is 6. The molecule has 1 saturated heterocycles. The van der Waals surface area contributed by atoms with E-state index in [0.717, 1.165) is 18.4 Å². The highest BCUT2D eigenvalue weighted by Crippen LogP contribution is 2.44. The van der Waals surface area contributed by atoms with Crippen molar-refractivity contribution in [3.63, 3.8) is 0 Å². The third-order valence-corrected chi connectivity index (χ3v) is 7.62. The van der Waals surface area contributed by atoms with Crippen molar-refractivity contribution in [2.75, 3.05) is 26.9 Å². The van der Waals surface area contributed by atoms with E-state index in [4.69, 9.17) is 28.4 Å². The van der Waals surface area contributed by atoms with Crippen LogP contribution in [0.4, 0.5) is 8.78 Å². The van der Waals surface area contributed by atoms with Crippen LogP contribution >= 0.6 is 0 Å². The Morgan fingerprint density at radius 2 is 1.70 bits per heavy atom. The standard InChI is InChI=1S/C31H30F2O7/c1-35-30(34)14-18-17-37-29-16-21(2-4-22(18)29)39-28-8-5-23-26(9-6-24(32)31(23)28)40-27-7-3-20(15-25(27)33)38-19-10-12-36-13-11-19/h2-4,6-7,9,15-16,18-19,28H,5,8,10-14,17H2,1H3/t18-,28-/m1/s1. The number of carbonyl (C=O) groups is 1. The summed E-state index contributed by atoms with van der Waals surface area (Å²) in [6, 6.07) is 12.8. The molecule has 0 aromatic heterocycles. The van der Waals surface area contributed by atoms with Crippen LogP contribution in [0.5, 0.6) is 28.7 Å². The molecule has 2 aliphatic heterocycles. The molecule has 0 unspecified atom stereocenters. The van der Waals surface area contributed by atoms with E-state index >= 15 is 4.39 Å². The molecule has 1 aliphatic carbocycles. The van der Waals surface area contributed by atoms with Crippen molar-refractivity contribution in [1.82, 2.24) is 0 Å². The highest BCUT2D eigenvalue weighted by molar-refractivity contribution is 5.71. The van der Waals surface area contributed by atoms with Crippen LogP contribution in [-0.2, 0) is 20.7 Å². The van der Waals surface area contributed by atoms with Gasteiger partial charge < -0.3 is 28.4 Å². The number of fused-ring (bicyclic) bond motifs is 2. The van der Waals surface area contributed by atoms with Gasteiger partial charge in [0.15, 0.2) is 11.6 Å². The molecule has 6 rings (SSSR count). The van der Waals surface area contributed by atoms with Gasteiger partial charge in [0.1, 0.15) is 41.0 Å². The van der Waals surface area contributed by atoms with E-state index in [1.54, 1.807) is 18.2 Å². The van der Waals surface area contributed by atoms with Crippen LogP contribution in [0.15, 0.2) is 48.5 Å². The Morgan fingerprint density at radius 3 is 2.50 bits per heavy atom. The van der Waals surface area contributed by atoms with Gasteiger partial charge in [0.25, 0.3) is 0 Å². The zero-order valence-corrected chi connectivity index (χ0v) is 22.1. The average molecular weight is 553 g/mol. The molecule has 1 fully saturated rings. The second-order valence-corrected chi connectivity index (χ2v) is 10.2. The van der Waals surface area contributed by atoms with Crippen molar-refractivity contribution in [2.45, 2.75) is 50.2 Å². The first-order chi connectivity index (χ1) is 19.5. The number of hydrogen-bond acceptors (Lipinski definition) is 7. The Balaban J connectivity index is 1.16. The maximum absolute atomic E-state index is 15.0. The lowest BCUT2D eigenvalue weighted by Crippen LogP contribution is -2.25. The van der Waals surface area contributed by atoms with Crippen molar-refractivity contribution in [3.8, 4) is 28.7 Å². The third-order valence-electron chi connectivity index (χ3n) is 7.62. The summed E-state index contributed by atoms with van der Waals surface area (Å²) >= 11 is 0. The van der Waals surface area contributed by atoms with Crippen LogP contribution in [0.3, 0.4) is 0 Å². The van der Waals surface area contributed by atoms with Crippen LogP contribution in [0.1, 0.15) is 54.4 Å². The van der Waals surface area contributed by atoms with Gasteiger partial charge in [-0.15, -0.1) is 0 Å². The molecule has 3 aromatic carbocycles. The molecular weight excluding hydrogens is 522 g/mol. The van der Waals surface area contributed by atoms with Crippen molar-refractivity contribution in [3.05, 3.63) is 76.9 Å². The maximum atomic E-state index is 15.0. The van der Waals surface area contributed by atoms with Gasteiger partial charge in [0, 0.05) is 47.6 Å². The van der Waals surface area contributed by atoms with Gasteiger partial charge in [0.2, 0.25) is 0 Å². The van der Waals surface area contributed by atoms with Gasteiger partial charge in [-0.2, -0.15) is 0 Å². The molecular formula is C31H30F2O7. The zero-order valence-electron chi connectivity index (χ0n) is 22.1.